The number of pyridine rings is 1. The Morgan fingerprint density at radius 2 is 1.69 bits per heavy atom. The fourth-order valence-electron chi connectivity index (χ4n) is 3.83. The van der Waals surface area contributed by atoms with Crippen molar-refractivity contribution in [2.45, 2.75) is 37.8 Å². The van der Waals surface area contributed by atoms with Crippen LogP contribution in [0.25, 0.3) is 22.0 Å². The summed E-state index contributed by atoms with van der Waals surface area (Å²) < 4.78 is 0. The van der Waals surface area contributed by atoms with E-state index in [1.54, 1.807) is 6.33 Å². The normalized spacial score (nSPS) is 20.4. The van der Waals surface area contributed by atoms with E-state index in [4.69, 9.17) is 0 Å². The molecule has 0 spiro atoms. The summed E-state index contributed by atoms with van der Waals surface area (Å²) in [5.41, 5.74) is 3.29. The average Bonchev–Trinajstić information content (AvgIpc) is 2.69. The van der Waals surface area contributed by atoms with Gasteiger partial charge >= 0.3 is 0 Å². The van der Waals surface area contributed by atoms with Crippen molar-refractivity contribution in [3.63, 3.8) is 0 Å². The first-order chi connectivity index (χ1) is 12.7. The quantitative estimate of drug-likeness (QED) is 0.774. The minimum atomic E-state index is 0.480. The lowest BCUT2D eigenvalue weighted by atomic mass is 9.90. The number of fused-ring (bicyclic) bond motifs is 1. The Balaban J connectivity index is 1.59. The van der Waals surface area contributed by atoms with Crippen molar-refractivity contribution >= 4 is 16.7 Å². The van der Waals surface area contributed by atoms with E-state index >= 15 is 0 Å². The van der Waals surface area contributed by atoms with Gasteiger partial charge in [0.1, 0.15) is 12.1 Å². The molecule has 26 heavy (non-hydrogen) atoms. The number of benzene rings is 1. The van der Waals surface area contributed by atoms with E-state index in [0.717, 1.165) is 27.8 Å². The molecule has 1 aliphatic carbocycles. The fraction of sp³-hybridized carbons (Fsp3) is 0.381. The third-order valence-corrected chi connectivity index (χ3v) is 5.42. The molecule has 1 saturated carbocycles. The first-order valence-corrected chi connectivity index (χ1v) is 9.29. The number of nitrogens with one attached hydrogen (secondary N) is 1. The Bertz CT molecular complexity index is 870. The van der Waals surface area contributed by atoms with Gasteiger partial charge in [-0.15, -0.1) is 0 Å². The molecule has 0 unspecified atom stereocenters. The summed E-state index contributed by atoms with van der Waals surface area (Å²) in [6.45, 7) is 0. The van der Waals surface area contributed by atoms with Crippen molar-refractivity contribution in [1.29, 1.82) is 0 Å². The summed E-state index contributed by atoms with van der Waals surface area (Å²) in [7, 11) is 4.36. The van der Waals surface area contributed by atoms with Crippen molar-refractivity contribution in [2.24, 2.45) is 0 Å². The van der Waals surface area contributed by atoms with E-state index in [-0.39, 0.29) is 0 Å². The molecule has 1 aromatic carbocycles. The predicted molar refractivity (Wildman–Crippen MR) is 106 cm³/mol. The van der Waals surface area contributed by atoms with Crippen LogP contribution in [0.1, 0.15) is 25.7 Å². The first-order valence-electron chi connectivity index (χ1n) is 9.29. The van der Waals surface area contributed by atoms with Gasteiger partial charge in [0, 0.05) is 29.9 Å². The lowest BCUT2D eigenvalue weighted by molar-refractivity contribution is 0.221. The summed E-state index contributed by atoms with van der Waals surface area (Å²) in [6.07, 6.45) is 10.1. The number of hydrogen-bond acceptors (Lipinski definition) is 5. The second-order valence-corrected chi connectivity index (χ2v) is 7.30. The molecule has 1 fully saturated rings. The molecule has 0 aliphatic heterocycles. The van der Waals surface area contributed by atoms with Crippen molar-refractivity contribution in [1.82, 2.24) is 19.9 Å². The highest BCUT2D eigenvalue weighted by Crippen LogP contribution is 2.29. The maximum atomic E-state index is 4.54. The van der Waals surface area contributed by atoms with Crippen LogP contribution in [0.2, 0.25) is 0 Å². The highest BCUT2D eigenvalue weighted by atomic mass is 15.1. The minimum Gasteiger partial charge on any atom is -0.367 e. The van der Waals surface area contributed by atoms with Gasteiger partial charge in [-0.1, -0.05) is 6.07 Å². The van der Waals surface area contributed by atoms with Crippen LogP contribution >= 0.6 is 0 Å². The Morgan fingerprint density at radius 1 is 0.923 bits per heavy atom. The molecule has 5 nitrogen and oxygen atoms in total. The average molecular weight is 347 g/mol. The van der Waals surface area contributed by atoms with Crippen molar-refractivity contribution < 1.29 is 0 Å². The first kappa shape index (κ1) is 16.9. The predicted octanol–water partition coefficient (Wildman–Crippen LogP) is 3.98. The lowest BCUT2D eigenvalue weighted by Gasteiger charge is -2.33. The second kappa shape index (κ2) is 7.38. The summed E-state index contributed by atoms with van der Waals surface area (Å²) in [5, 5.41) is 4.76. The maximum Gasteiger partial charge on any atom is 0.137 e. The van der Waals surface area contributed by atoms with E-state index < -0.39 is 0 Å². The molecule has 1 aliphatic rings. The molecular formula is C21H25N5. The molecule has 1 N–H and O–H groups in total. The molecule has 0 amide bonds. The van der Waals surface area contributed by atoms with Gasteiger partial charge in [-0.3, -0.25) is 4.98 Å². The molecule has 4 rings (SSSR count). The minimum absolute atomic E-state index is 0.480. The van der Waals surface area contributed by atoms with E-state index in [0.29, 0.717) is 12.1 Å². The third-order valence-electron chi connectivity index (χ3n) is 5.42. The van der Waals surface area contributed by atoms with Gasteiger partial charge in [0.25, 0.3) is 0 Å². The van der Waals surface area contributed by atoms with Crippen LogP contribution in [0.4, 0.5) is 5.82 Å². The SMILES string of the molecule is CN(C)[C@H]1CC[C@H](Nc2ncnc3ccc(-c4ccncc4)cc23)CC1. The molecule has 134 valence electrons. The zero-order valence-electron chi connectivity index (χ0n) is 15.4. The monoisotopic (exact) mass is 347 g/mol. The molecule has 0 radical (unpaired) electrons. The van der Waals surface area contributed by atoms with Gasteiger partial charge < -0.3 is 10.2 Å². The number of aromatic nitrogens is 3. The van der Waals surface area contributed by atoms with Crippen LogP contribution in [-0.4, -0.2) is 46.0 Å². The van der Waals surface area contributed by atoms with E-state index in [2.05, 4.69) is 57.5 Å². The van der Waals surface area contributed by atoms with Gasteiger partial charge in [0.05, 0.1) is 5.52 Å². The van der Waals surface area contributed by atoms with Gasteiger partial charge in [0.2, 0.25) is 0 Å². The van der Waals surface area contributed by atoms with Crippen molar-refractivity contribution in [3.05, 3.63) is 49.1 Å². The Morgan fingerprint density at radius 3 is 2.42 bits per heavy atom. The summed E-state index contributed by atoms with van der Waals surface area (Å²) >= 11 is 0. The Hall–Kier alpha value is -2.53. The highest BCUT2D eigenvalue weighted by Gasteiger charge is 2.23. The summed E-state index contributed by atoms with van der Waals surface area (Å²) in [4.78, 5) is 15.4. The van der Waals surface area contributed by atoms with Crippen LogP contribution in [0.5, 0.6) is 0 Å². The Labute approximate surface area is 154 Å². The van der Waals surface area contributed by atoms with Crippen molar-refractivity contribution in [2.75, 3.05) is 19.4 Å². The van der Waals surface area contributed by atoms with Gasteiger partial charge in [0.15, 0.2) is 0 Å². The molecular weight excluding hydrogens is 322 g/mol. The van der Waals surface area contributed by atoms with Crippen LogP contribution in [0.15, 0.2) is 49.1 Å². The molecule has 0 saturated heterocycles. The second-order valence-electron chi connectivity index (χ2n) is 7.30. The summed E-state index contributed by atoms with van der Waals surface area (Å²) in [6, 6.07) is 11.6. The van der Waals surface area contributed by atoms with Gasteiger partial charge in [-0.05, 0) is 75.2 Å². The zero-order chi connectivity index (χ0) is 17.9. The standard InChI is InChI=1S/C21H25N5/c1-26(2)18-6-4-17(5-7-18)25-21-19-13-16(15-9-11-22-12-10-15)3-8-20(19)23-14-24-21/h3,8-14,17-18H,4-7H2,1-2H3,(H,23,24,25)/t17-,18-. The third kappa shape index (κ3) is 3.53. The summed E-state index contributed by atoms with van der Waals surface area (Å²) in [5.74, 6) is 0.944. The lowest BCUT2D eigenvalue weighted by Crippen LogP contribution is -2.36. The molecule has 2 heterocycles. The topological polar surface area (TPSA) is 53.9 Å². The highest BCUT2D eigenvalue weighted by molar-refractivity contribution is 5.92. The van der Waals surface area contributed by atoms with Gasteiger partial charge in [-0.2, -0.15) is 0 Å². The molecule has 0 bridgehead atoms. The zero-order valence-corrected chi connectivity index (χ0v) is 15.4. The van der Waals surface area contributed by atoms with Crippen molar-refractivity contribution in [3.8, 4) is 11.1 Å². The Kier molecular flexibility index (Phi) is 4.80. The molecule has 3 aromatic rings. The van der Waals surface area contributed by atoms with E-state index in [9.17, 15) is 0 Å². The van der Waals surface area contributed by atoms with Crippen LogP contribution in [-0.2, 0) is 0 Å². The smallest absolute Gasteiger partial charge is 0.137 e. The largest absolute Gasteiger partial charge is 0.367 e. The number of rotatable bonds is 4. The van der Waals surface area contributed by atoms with E-state index in [1.807, 2.05) is 24.5 Å². The number of hydrogen-bond donors (Lipinski definition) is 1. The number of nitrogens with zero attached hydrogens (tertiary/aromatic N) is 4. The van der Waals surface area contributed by atoms with E-state index in [1.165, 1.54) is 25.7 Å². The molecule has 5 heteroatoms. The van der Waals surface area contributed by atoms with Crippen LogP contribution < -0.4 is 5.32 Å². The maximum absolute atomic E-state index is 4.54. The fourth-order valence-corrected chi connectivity index (χ4v) is 3.83. The van der Waals surface area contributed by atoms with Crippen LogP contribution in [0, 0.1) is 0 Å². The number of anilines is 1. The molecule has 0 atom stereocenters. The van der Waals surface area contributed by atoms with Crippen LogP contribution in [0.3, 0.4) is 0 Å². The molecule has 2 aromatic heterocycles. The van der Waals surface area contributed by atoms with Gasteiger partial charge in [-0.25, -0.2) is 9.97 Å².